The van der Waals surface area contributed by atoms with Gasteiger partial charge in [-0.15, -0.1) is 21.5 Å². The molecule has 0 spiro atoms. The molecule has 1 N–H and O–H groups in total. The Kier molecular flexibility index (Phi) is 4.49. The van der Waals surface area contributed by atoms with E-state index in [1.807, 2.05) is 6.92 Å². The normalized spacial score (nSPS) is 17.8. The maximum Gasteiger partial charge on any atom is 0.270 e. The molecular weight excluding hydrogens is 302 g/mol. The van der Waals surface area contributed by atoms with E-state index in [1.54, 1.807) is 12.5 Å². The number of carbonyl (C=O) groups excluding carboxylic acids is 1. The number of ether oxygens (including phenoxy) is 1. The highest BCUT2D eigenvalue weighted by Crippen LogP contribution is 2.16. The van der Waals surface area contributed by atoms with Gasteiger partial charge in [-0.2, -0.15) is 0 Å². The van der Waals surface area contributed by atoms with Crippen LogP contribution in [-0.4, -0.2) is 38.8 Å². The molecule has 0 aromatic carbocycles. The number of fused-ring (bicyclic) bond motifs is 1. The molecule has 1 atom stereocenters. The largest absolute Gasteiger partial charge is 0.377 e. The van der Waals surface area contributed by atoms with Crippen molar-refractivity contribution in [3.05, 3.63) is 27.7 Å². The van der Waals surface area contributed by atoms with Crippen molar-refractivity contribution in [3.63, 3.8) is 0 Å². The zero-order chi connectivity index (χ0) is 15.5. The van der Waals surface area contributed by atoms with Crippen LogP contribution in [0.4, 0.5) is 0 Å². The number of carbonyl (C=O) groups is 1. The smallest absolute Gasteiger partial charge is 0.270 e. The summed E-state index contributed by atoms with van der Waals surface area (Å²) in [6.45, 7) is 3.15. The molecule has 0 bridgehead atoms. The minimum absolute atomic E-state index is 0.0934. The average molecular weight is 321 g/mol. The number of aromatic nitrogens is 4. The van der Waals surface area contributed by atoms with E-state index in [4.69, 9.17) is 4.74 Å². The molecule has 0 fully saturated rings. The summed E-state index contributed by atoms with van der Waals surface area (Å²) in [7, 11) is 1.65. The van der Waals surface area contributed by atoms with Gasteiger partial charge in [-0.3, -0.25) is 4.79 Å². The van der Waals surface area contributed by atoms with Gasteiger partial charge in [-0.1, -0.05) is 0 Å². The number of thiazole rings is 1. The number of rotatable bonds is 4. The van der Waals surface area contributed by atoms with Crippen LogP contribution in [0.15, 0.2) is 5.38 Å². The molecule has 0 saturated carbocycles. The molecule has 118 valence electrons. The number of hydrogen-bond donors (Lipinski definition) is 1. The van der Waals surface area contributed by atoms with Gasteiger partial charge in [-0.25, -0.2) is 4.98 Å². The van der Waals surface area contributed by atoms with Crippen LogP contribution in [0, 0.1) is 6.92 Å². The molecule has 3 rings (SSSR count). The molecule has 22 heavy (non-hydrogen) atoms. The number of nitrogens with one attached hydrogen (secondary N) is 1. The number of nitrogens with zero attached hydrogens (tertiary/aromatic N) is 4. The van der Waals surface area contributed by atoms with Crippen LogP contribution in [0.5, 0.6) is 0 Å². The summed E-state index contributed by atoms with van der Waals surface area (Å²) in [5, 5.41) is 14.2. The van der Waals surface area contributed by atoms with E-state index in [0.29, 0.717) is 12.3 Å². The highest BCUT2D eigenvalue weighted by molar-refractivity contribution is 7.09. The number of amides is 1. The minimum Gasteiger partial charge on any atom is -0.377 e. The van der Waals surface area contributed by atoms with Crippen molar-refractivity contribution < 1.29 is 9.53 Å². The van der Waals surface area contributed by atoms with Crippen molar-refractivity contribution in [3.8, 4) is 0 Å². The van der Waals surface area contributed by atoms with Gasteiger partial charge < -0.3 is 14.6 Å². The molecule has 2 aromatic heterocycles. The van der Waals surface area contributed by atoms with Gasteiger partial charge in [0, 0.05) is 31.5 Å². The second kappa shape index (κ2) is 6.53. The van der Waals surface area contributed by atoms with Crippen molar-refractivity contribution in [2.45, 2.75) is 45.4 Å². The van der Waals surface area contributed by atoms with Crippen LogP contribution in [0.1, 0.15) is 40.0 Å². The van der Waals surface area contributed by atoms with Gasteiger partial charge in [0.05, 0.1) is 5.01 Å². The molecule has 0 saturated heterocycles. The fourth-order valence-electron chi connectivity index (χ4n) is 2.66. The van der Waals surface area contributed by atoms with Crippen molar-refractivity contribution in [1.29, 1.82) is 0 Å². The highest BCUT2D eigenvalue weighted by Gasteiger charge is 2.22. The maximum absolute atomic E-state index is 12.2. The van der Waals surface area contributed by atoms with Crippen LogP contribution in [0.3, 0.4) is 0 Å². The molecule has 7 nitrogen and oxygen atoms in total. The Morgan fingerprint density at radius 2 is 2.36 bits per heavy atom. The lowest BCUT2D eigenvalue weighted by Gasteiger charge is -2.15. The predicted octanol–water partition coefficient (Wildman–Crippen LogP) is 1.32. The molecule has 1 unspecified atom stereocenters. The van der Waals surface area contributed by atoms with Gasteiger partial charge in [-0.05, 0) is 19.8 Å². The lowest BCUT2D eigenvalue weighted by molar-refractivity contribution is 0.0928. The zero-order valence-corrected chi connectivity index (χ0v) is 13.5. The third-order valence-electron chi connectivity index (χ3n) is 3.78. The van der Waals surface area contributed by atoms with Crippen LogP contribution in [0.25, 0.3) is 0 Å². The topological polar surface area (TPSA) is 81.9 Å². The summed E-state index contributed by atoms with van der Waals surface area (Å²) in [5.74, 6) is 1.72. The first-order chi connectivity index (χ1) is 10.7. The fourth-order valence-corrected chi connectivity index (χ4v) is 3.25. The van der Waals surface area contributed by atoms with Crippen LogP contribution >= 0.6 is 11.3 Å². The number of hydrogen-bond acceptors (Lipinski definition) is 6. The molecule has 1 amide bonds. The summed E-state index contributed by atoms with van der Waals surface area (Å²) < 4.78 is 7.24. The van der Waals surface area contributed by atoms with Crippen LogP contribution in [0.2, 0.25) is 0 Å². The molecule has 8 heteroatoms. The van der Waals surface area contributed by atoms with E-state index >= 15 is 0 Å². The summed E-state index contributed by atoms with van der Waals surface area (Å²) in [6.07, 6.45) is 2.52. The van der Waals surface area contributed by atoms with Gasteiger partial charge in [0.15, 0.2) is 5.82 Å². The minimum atomic E-state index is -0.0934. The van der Waals surface area contributed by atoms with Crippen LogP contribution < -0.4 is 5.32 Å². The first-order valence-corrected chi connectivity index (χ1v) is 8.18. The third-order valence-corrected chi connectivity index (χ3v) is 4.56. The fraction of sp³-hybridized carbons (Fsp3) is 0.571. The Hall–Kier alpha value is -1.80. The van der Waals surface area contributed by atoms with Gasteiger partial charge in [0.25, 0.3) is 5.91 Å². The first-order valence-electron chi connectivity index (χ1n) is 7.30. The third kappa shape index (κ3) is 3.17. The second-order valence-corrected chi connectivity index (χ2v) is 6.43. The Morgan fingerprint density at radius 1 is 1.50 bits per heavy atom. The van der Waals surface area contributed by atoms with E-state index in [-0.39, 0.29) is 11.9 Å². The Morgan fingerprint density at radius 3 is 3.09 bits per heavy atom. The van der Waals surface area contributed by atoms with E-state index in [2.05, 4.69) is 25.1 Å². The SMILES string of the molecule is COCc1nnc2n1CCC(NC(=O)c1csc(C)n1)CC2. The van der Waals surface area contributed by atoms with Gasteiger partial charge in [0.1, 0.15) is 18.1 Å². The predicted molar refractivity (Wildman–Crippen MR) is 81.8 cm³/mol. The second-order valence-electron chi connectivity index (χ2n) is 5.37. The van der Waals surface area contributed by atoms with Crippen molar-refractivity contribution >= 4 is 17.2 Å². The molecule has 3 heterocycles. The van der Waals surface area contributed by atoms with Crippen LogP contribution in [-0.2, 0) is 24.3 Å². The van der Waals surface area contributed by atoms with E-state index < -0.39 is 0 Å². The highest BCUT2D eigenvalue weighted by atomic mass is 32.1. The van der Waals surface area contributed by atoms with E-state index in [1.165, 1.54) is 11.3 Å². The van der Waals surface area contributed by atoms with Crippen molar-refractivity contribution in [2.24, 2.45) is 0 Å². The van der Waals surface area contributed by atoms with Gasteiger partial charge >= 0.3 is 0 Å². The summed E-state index contributed by atoms with van der Waals surface area (Å²) in [6, 6.07) is 0.131. The average Bonchev–Trinajstić information content (AvgIpc) is 3.04. The summed E-state index contributed by atoms with van der Waals surface area (Å²) in [5.41, 5.74) is 0.506. The Labute approximate surface area is 132 Å². The van der Waals surface area contributed by atoms with E-state index in [0.717, 1.165) is 42.5 Å². The van der Waals surface area contributed by atoms with Crippen molar-refractivity contribution in [2.75, 3.05) is 7.11 Å². The lowest BCUT2D eigenvalue weighted by atomic mass is 10.1. The van der Waals surface area contributed by atoms with Crippen molar-refractivity contribution in [1.82, 2.24) is 25.1 Å². The Bertz CT molecular complexity index is 666. The number of aryl methyl sites for hydroxylation is 2. The Balaban J connectivity index is 1.63. The molecule has 0 radical (unpaired) electrons. The summed E-state index contributed by atoms with van der Waals surface area (Å²) >= 11 is 1.49. The summed E-state index contributed by atoms with van der Waals surface area (Å²) in [4.78, 5) is 16.4. The van der Waals surface area contributed by atoms with Gasteiger partial charge in [0.2, 0.25) is 0 Å². The standard InChI is InChI=1S/C14H19N5O2S/c1-9-15-11(8-22-9)14(20)16-10-3-4-12-17-18-13(7-21-2)19(12)6-5-10/h8,10H,3-7H2,1-2H3,(H,16,20). The molecule has 0 aliphatic carbocycles. The quantitative estimate of drug-likeness (QED) is 0.918. The number of methoxy groups -OCH3 is 1. The zero-order valence-electron chi connectivity index (χ0n) is 12.7. The first kappa shape index (κ1) is 15.1. The maximum atomic E-state index is 12.2. The van der Waals surface area contributed by atoms with E-state index in [9.17, 15) is 4.79 Å². The molecule has 1 aliphatic rings. The lowest BCUT2D eigenvalue weighted by Crippen LogP contribution is -2.35. The molecular formula is C14H19N5O2S. The monoisotopic (exact) mass is 321 g/mol. The molecule has 1 aliphatic heterocycles. The molecule has 2 aromatic rings.